The summed E-state index contributed by atoms with van der Waals surface area (Å²) >= 11 is 1.27. The Balaban J connectivity index is 0.000000409. The van der Waals surface area contributed by atoms with Gasteiger partial charge >= 0.3 is 41.0 Å². The first-order chi connectivity index (χ1) is 10.7. The van der Waals surface area contributed by atoms with E-state index >= 15 is 0 Å². The Labute approximate surface area is 172 Å². The predicted octanol–water partition coefficient (Wildman–Crippen LogP) is -0.883. The second kappa shape index (κ2) is 12.6. The van der Waals surface area contributed by atoms with Gasteiger partial charge in [-0.2, -0.15) is 35.9 Å². The quantitative estimate of drug-likeness (QED) is 0.266. The monoisotopic (exact) mass is 522 g/mol. The van der Waals surface area contributed by atoms with Crippen molar-refractivity contribution in [1.82, 2.24) is 0 Å². The third-order valence-corrected chi connectivity index (χ3v) is 3.20. The minimum Gasteiger partial charge on any atom is -1.00 e. The molecular formula is C21H20Cl2Hf-2. The summed E-state index contributed by atoms with van der Waals surface area (Å²) in [5.74, 6) is 0. The molecule has 0 atom stereocenters. The van der Waals surface area contributed by atoms with Crippen LogP contribution in [0.4, 0.5) is 0 Å². The molecule has 2 aromatic rings. The maximum atomic E-state index is 3.30. The zero-order chi connectivity index (χ0) is 15.8. The standard InChI is InChI=1S/C13H9.C5H5.C3H6.2ClH.Hf/c1-3-7-12-10(5-1)9-11-6-2-4-8-13(11)12;1-2-4-5-3-1;1-3-2;;;/h1-5,7-8H,9H2;1-3H,4H2;1-2H3;2*1H;/q2*-1;;;;+2/p-2. The summed E-state index contributed by atoms with van der Waals surface area (Å²) in [4.78, 5) is 0. The molecular weight excluding hydrogens is 502 g/mol. The molecule has 0 spiro atoms. The average molecular weight is 522 g/mol. The summed E-state index contributed by atoms with van der Waals surface area (Å²) in [5, 5.41) is 0. The van der Waals surface area contributed by atoms with Gasteiger partial charge in [-0.1, -0.05) is 35.4 Å². The van der Waals surface area contributed by atoms with Crippen molar-refractivity contribution in [3.63, 3.8) is 0 Å². The van der Waals surface area contributed by atoms with Crippen LogP contribution in [0.25, 0.3) is 11.1 Å². The summed E-state index contributed by atoms with van der Waals surface area (Å²) in [5.41, 5.74) is 5.51. The van der Waals surface area contributed by atoms with E-state index in [0.717, 1.165) is 12.8 Å². The Morgan fingerprint density at radius 1 is 1.00 bits per heavy atom. The fraction of sp³-hybridized carbons (Fsp3) is 0.190. The number of benzene rings is 2. The van der Waals surface area contributed by atoms with Crippen LogP contribution in [0.3, 0.4) is 0 Å². The van der Waals surface area contributed by atoms with Crippen LogP contribution < -0.4 is 24.8 Å². The molecule has 0 amide bonds. The third kappa shape index (κ3) is 7.42. The van der Waals surface area contributed by atoms with Gasteiger partial charge in [0.1, 0.15) is 0 Å². The van der Waals surface area contributed by atoms with E-state index in [4.69, 9.17) is 0 Å². The van der Waals surface area contributed by atoms with Crippen molar-refractivity contribution in [2.45, 2.75) is 26.7 Å². The first-order valence-corrected chi connectivity index (χ1v) is 9.29. The Morgan fingerprint density at radius 3 is 2.25 bits per heavy atom. The normalized spacial score (nSPS) is 11.5. The number of halogens is 2. The minimum absolute atomic E-state index is 0. The van der Waals surface area contributed by atoms with Crippen molar-refractivity contribution in [1.29, 1.82) is 0 Å². The van der Waals surface area contributed by atoms with E-state index in [2.05, 4.69) is 68.5 Å². The van der Waals surface area contributed by atoms with Crippen molar-refractivity contribution in [3.05, 3.63) is 84.0 Å². The minimum atomic E-state index is 0. The molecule has 2 aliphatic rings. The second-order valence-electron chi connectivity index (χ2n) is 5.40. The summed E-state index contributed by atoms with van der Waals surface area (Å²) < 4.78 is 1.56. The maximum absolute atomic E-state index is 3.30. The van der Waals surface area contributed by atoms with E-state index in [1.165, 1.54) is 46.1 Å². The van der Waals surface area contributed by atoms with Crippen LogP contribution in [-0.4, -0.2) is 3.26 Å². The molecule has 0 bridgehead atoms. The predicted molar refractivity (Wildman–Crippen MR) is 91.4 cm³/mol. The SMILES string of the molecule is C[C](C)=[Hf+2].[C-]1=CC=CC1.[Cl-].[Cl-].[c-]1cccc2c1Cc1ccccc1-2. The van der Waals surface area contributed by atoms with Crippen LogP contribution >= 0.6 is 0 Å². The molecule has 4 rings (SSSR count). The van der Waals surface area contributed by atoms with E-state index < -0.39 is 0 Å². The average Bonchev–Trinajstić information content (AvgIpc) is 3.18. The Bertz CT molecular complexity index is 645. The van der Waals surface area contributed by atoms with E-state index in [0.29, 0.717) is 0 Å². The fourth-order valence-corrected chi connectivity index (χ4v) is 2.34. The van der Waals surface area contributed by atoms with E-state index in [-0.39, 0.29) is 24.8 Å². The molecule has 0 nitrogen and oxygen atoms in total. The van der Waals surface area contributed by atoms with E-state index in [1.807, 2.05) is 18.2 Å². The number of hydrogen-bond acceptors (Lipinski definition) is 0. The van der Waals surface area contributed by atoms with Crippen molar-refractivity contribution in [2.24, 2.45) is 0 Å². The van der Waals surface area contributed by atoms with Crippen molar-refractivity contribution < 1.29 is 48.7 Å². The molecule has 2 aliphatic carbocycles. The van der Waals surface area contributed by atoms with Crippen LogP contribution in [0, 0.1) is 12.1 Å². The van der Waals surface area contributed by atoms with Gasteiger partial charge in [0.15, 0.2) is 0 Å². The van der Waals surface area contributed by atoms with Gasteiger partial charge in [0.05, 0.1) is 0 Å². The summed E-state index contributed by atoms with van der Waals surface area (Å²) in [6, 6.07) is 18.1. The second-order valence-corrected chi connectivity index (χ2v) is 8.99. The van der Waals surface area contributed by atoms with Gasteiger partial charge in [-0.25, -0.2) is 12.2 Å². The Morgan fingerprint density at radius 2 is 1.67 bits per heavy atom. The first-order valence-electron chi connectivity index (χ1n) is 7.50. The van der Waals surface area contributed by atoms with Gasteiger partial charge in [0, 0.05) is 0 Å². The van der Waals surface area contributed by atoms with E-state index in [9.17, 15) is 0 Å². The maximum Gasteiger partial charge on any atom is -0.0253 e. The molecule has 0 heterocycles. The van der Waals surface area contributed by atoms with Crippen LogP contribution in [0.1, 0.15) is 31.4 Å². The Kier molecular flexibility index (Phi) is 12.2. The zero-order valence-corrected chi connectivity index (χ0v) is 19.0. The van der Waals surface area contributed by atoms with E-state index in [1.54, 1.807) is 3.26 Å². The topological polar surface area (TPSA) is 0 Å². The molecule has 0 saturated carbocycles. The van der Waals surface area contributed by atoms with Crippen LogP contribution in [0.15, 0.2) is 60.7 Å². The van der Waals surface area contributed by atoms with Crippen LogP contribution in [0.5, 0.6) is 0 Å². The van der Waals surface area contributed by atoms with Gasteiger partial charge < -0.3 is 24.8 Å². The molecule has 0 aromatic heterocycles. The van der Waals surface area contributed by atoms with Gasteiger partial charge in [-0.3, -0.25) is 6.08 Å². The van der Waals surface area contributed by atoms with Gasteiger partial charge in [-0.05, 0) is 6.42 Å². The van der Waals surface area contributed by atoms with Crippen molar-refractivity contribution in [2.75, 3.05) is 0 Å². The number of allylic oxidation sites excluding steroid dienone is 4. The van der Waals surface area contributed by atoms with Gasteiger partial charge in [0.25, 0.3) is 0 Å². The molecule has 0 unspecified atom stereocenters. The smallest absolute Gasteiger partial charge is 0.0253 e. The van der Waals surface area contributed by atoms with Gasteiger partial charge in [-0.15, -0.1) is 12.0 Å². The molecule has 0 saturated heterocycles. The molecule has 2 aromatic carbocycles. The summed E-state index contributed by atoms with van der Waals surface area (Å²) in [6.45, 7) is 4.29. The third-order valence-electron chi connectivity index (χ3n) is 3.20. The summed E-state index contributed by atoms with van der Waals surface area (Å²) in [6.07, 6.45) is 11.0. The van der Waals surface area contributed by atoms with Gasteiger partial charge in [0.2, 0.25) is 0 Å². The van der Waals surface area contributed by atoms with Crippen molar-refractivity contribution in [3.8, 4) is 11.1 Å². The molecule has 0 aliphatic heterocycles. The largest absolute Gasteiger partial charge is 1.00 e. The molecule has 24 heavy (non-hydrogen) atoms. The van der Waals surface area contributed by atoms with Crippen LogP contribution in [0.2, 0.25) is 0 Å². The molecule has 0 fully saturated rings. The zero-order valence-electron chi connectivity index (χ0n) is 13.9. The molecule has 124 valence electrons. The number of hydrogen-bond donors (Lipinski definition) is 0. The van der Waals surface area contributed by atoms with Crippen molar-refractivity contribution >= 4 is 3.26 Å². The fourth-order valence-electron chi connectivity index (χ4n) is 2.34. The number of rotatable bonds is 0. The van der Waals surface area contributed by atoms with Crippen LogP contribution in [-0.2, 0) is 30.3 Å². The first kappa shape index (κ1) is 23.2. The molecule has 3 heteroatoms. The molecule has 0 radical (unpaired) electrons. The Hall–Kier alpha value is -0.760. The molecule has 0 N–H and O–H groups in total. The number of fused-ring (bicyclic) bond motifs is 3. The summed E-state index contributed by atoms with van der Waals surface area (Å²) in [7, 11) is 0.